The molecule has 1 amide bonds. The fourth-order valence-corrected chi connectivity index (χ4v) is 2.08. The molecule has 0 bridgehead atoms. The molecule has 1 saturated heterocycles. The smallest absolute Gasteiger partial charge is 0.253 e. The molecule has 1 aromatic rings. The van der Waals surface area contributed by atoms with Gasteiger partial charge in [0.15, 0.2) is 0 Å². The Morgan fingerprint density at radius 1 is 1.39 bits per heavy atom. The molecule has 0 radical (unpaired) electrons. The second-order valence-corrected chi connectivity index (χ2v) is 4.55. The molecule has 0 aromatic heterocycles. The van der Waals surface area contributed by atoms with Crippen LogP contribution in [0.5, 0.6) is 0 Å². The molecule has 1 heterocycles. The molecule has 0 saturated carbocycles. The minimum Gasteiger partial charge on any atom is -0.381 e. The van der Waals surface area contributed by atoms with Crippen LogP contribution in [0, 0.1) is 6.92 Å². The lowest BCUT2D eigenvalue weighted by atomic mass is 10.1. The number of aryl methyl sites for hydroxylation is 1. The molecule has 0 unspecified atom stereocenters. The van der Waals surface area contributed by atoms with Crippen molar-refractivity contribution in [3.63, 3.8) is 0 Å². The van der Waals surface area contributed by atoms with E-state index in [4.69, 9.17) is 10.6 Å². The monoisotopic (exact) mass is 249 g/mol. The zero-order chi connectivity index (χ0) is 13.0. The molecule has 0 atom stereocenters. The number of anilines is 1. The number of amides is 1. The number of hydrogen-bond acceptors (Lipinski definition) is 4. The minimum atomic E-state index is -0.0847. The molecule has 5 nitrogen and oxygen atoms in total. The van der Waals surface area contributed by atoms with Gasteiger partial charge in [0.1, 0.15) is 0 Å². The highest BCUT2D eigenvalue weighted by molar-refractivity contribution is 5.99. The first-order valence-corrected chi connectivity index (χ1v) is 6.16. The van der Waals surface area contributed by atoms with E-state index < -0.39 is 0 Å². The highest BCUT2D eigenvalue weighted by atomic mass is 16.5. The lowest BCUT2D eigenvalue weighted by Gasteiger charge is -2.23. The highest BCUT2D eigenvalue weighted by Crippen LogP contribution is 2.17. The standard InChI is InChI=1S/C13H19N3O2/c1-9-2-3-12(16-14)11(8-9)13(17)15-10-4-6-18-7-5-10/h2-3,8,10,16H,4-7,14H2,1H3,(H,15,17). The van der Waals surface area contributed by atoms with E-state index in [1.165, 1.54) is 0 Å². The summed E-state index contributed by atoms with van der Waals surface area (Å²) in [6.45, 7) is 3.37. The van der Waals surface area contributed by atoms with Crippen molar-refractivity contribution in [2.45, 2.75) is 25.8 Å². The maximum Gasteiger partial charge on any atom is 0.253 e. The fourth-order valence-electron chi connectivity index (χ4n) is 2.08. The number of carbonyl (C=O) groups is 1. The summed E-state index contributed by atoms with van der Waals surface area (Å²) in [5.41, 5.74) is 4.82. The molecule has 0 aliphatic carbocycles. The summed E-state index contributed by atoms with van der Waals surface area (Å²) in [7, 11) is 0. The van der Waals surface area contributed by atoms with Crippen molar-refractivity contribution < 1.29 is 9.53 Å². The van der Waals surface area contributed by atoms with Crippen molar-refractivity contribution in [1.29, 1.82) is 0 Å². The van der Waals surface area contributed by atoms with Gasteiger partial charge in [-0.05, 0) is 31.9 Å². The van der Waals surface area contributed by atoms with Crippen LogP contribution in [0.4, 0.5) is 5.69 Å². The molecule has 1 aromatic carbocycles. The summed E-state index contributed by atoms with van der Waals surface area (Å²) in [6, 6.07) is 5.76. The Morgan fingerprint density at radius 2 is 2.11 bits per heavy atom. The van der Waals surface area contributed by atoms with Crippen molar-refractivity contribution in [3.05, 3.63) is 29.3 Å². The maximum absolute atomic E-state index is 12.2. The van der Waals surface area contributed by atoms with Gasteiger partial charge >= 0.3 is 0 Å². The summed E-state index contributed by atoms with van der Waals surface area (Å²) in [5.74, 6) is 5.34. The summed E-state index contributed by atoms with van der Waals surface area (Å²) in [6.07, 6.45) is 1.73. The first kappa shape index (κ1) is 12.9. The molecule has 5 heteroatoms. The molecule has 0 spiro atoms. The molecule has 1 fully saturated rings. The van der Waals surface area contributed by atoms with Crippen LogP contribution in [0.1, 0.15) is 28.8 Å². The third-order valence-electron chi connectivity index (χ3n) is 3.13. The van der Waals surface area contributed by atoms with Gasteiger partial charge in [-0.3, -0.25) is 10.6 Å². The molecule has 2 rings (SSSR count). The van der Waals surface area contributed by atoms with Gasteiger partial charge in [0.05, 0.1) is 11.3 Å². The van der Waals surface area contributed by atoms with Gasteiger partial charge in [-0.1, -0.05) is 11.6 Å². The average Bonchev–Trinajstić information content (AvgIpc) is 2.40. The van der Waals surface area contributed by atoms with E-state index in [0.29, 0.717) is 24.5 Å². The molecule has 1 aliphatic rings. The lowest BCUT2D eigenvalue weighted by molar-refractivity contribution is 0.0697. The summed E-state index contributed by atoms with van der Waals surface area (Å²) >= 11 is 0. The van der Waals surface area contributed by atoms with E-state index in [-0.39, 0.29) is 11.9 Å². The Labute approximate surface area is 107 Å². The van der Waals surface area contributed by atoms with Crippen molar-refractivity contribution in [1.82, 2.24) is 5.32 Å². The third kappa shape index (κ3) is 3.00. The van der Waals surface area contributed by atoms with E-state index >= 15 is 0 Å². The summed E-state index contributed by atoms with van der Waals surface area (Å²) < 4.78 is 5.27. The number of rotatable bonds is 3. The zero-order valence-electron chi connectivity index (χ0n) is 10.5. The van der Waals surface area contributed by atoms with Gasteiger partial charge in [0.2, 0.25) is 0 Å². The molecule has 98 valence electrons. The second kappa shape index (κ2) is 5.84. The van der Waals surface area contributed by atoms with E-state index in [2.05, 4.69) is 10.7 Å². The number of carbonyl (C=O) groups excluding carboxylic acids is 1. The third-order valence-corrected chi connectivity index (χ3v) is 3.13. The number of nitrogens with two attached hydrogens (primary N) is 1. The van der Waals surface area contributed by atoms with E-state index in [9.17, 15) is 4.79 Å². The number of nitrogens with one attached hydrogen (secondary N) is 2. The van der Waals surface area contributed by atoms with E-state index in [1.807, 2.05) is 25.1 Å². The normalized spacial score (nSPS) is 16.3. The predicted octanol–water partition coefficient (Wildman–Crippen LogP) is 1.19. The molecule has 1 aliphatic heterocycles. The van der Waals surface area contributed by atoms with Crippen molar-refractivity contribution in [2.24, 2.45) is 5.84 Å². The highest BCUT2D eigenvalue weighted by Gasteiger charge is 2.18. The number of hydrogen-bond donors (Lipinski definition) is 3. The second-order valence-electron chi connectivity index (χ2n) is 4.55. The number of benzene rings is 1. The molecule has 18 heavy (non-hydrogen) atoms. The van der Waals surface area contributed by atoms with Gasteiger partial charge < -0.3 is 15.5 Å². The Balaban J connectivity index is 2.09. The fraction of sp³-hybridized carbons (Fsp3) is 0.462. The van der Waals surface area contributed by atoms with Crippen LogP contribution >= 0.6 is 0 Å². The first-order chi connectivity index (χ1) is 8.70. The quantitative estimate of drug-likeness (QED) is 0.555. The Hall–Kier alpha value is -1.59. The van der Waals surface area contributed by atoms with Crippen LogP contribution in [0.15, 0.2) is 18.2 Å². The van der Waals surface area contributed by atoms with Crippen molar-refractivity contribution in [2.75, 3.05) is 18.6 Å². The Kier molecular flexibility index (Phi) is 4.17. The van der Waals surface area contributed by atoms with E-state index in [0.717, 1.165) is 18.4 Å². The lowest BCUT2D eigenvalue weighted by Crippen LogP contribution is -2.39. The van der Waals surface area contributed by atoms with Gasteiger partial charge in [-0.25, -0.2) is 0 Å². The largest absolute Gasteiger partial charge is 0.381 e. The van der Waals surface area contributed by atoms with Gasteiger partial charge in [-0.15, -0.1) is 0 Å². The number of hydrazine groups is 1. The number of ether oxygens (including phenoxy) is 1. The minimum absolute atomic E-state index is 0.0847. The topological polar surface area (TPSA) is 76.4 Å². The Morgan fingerprint density at radius 3 is 2.78 bits per heavy atom. The van der Waals surface area contributed by atoms with Crippen LogP contribution in [0.25, 0.3) is 0 Å². The maximum atomic E-state index is 12.2. The average molecular weight is 249 g/mol. The summed E-state index contributed by atoms with van der Waals surface area (Å²) in [4.78, 5) is 12.2. The van der Waals surface area contributed by atoms with Crippen LogP contribution in [0.3, 0.4) is 0 Å². The summed E-state index contributed by atoms with van der Waals surface area (Å²) in [5, 5.41) is 3.02. The van der Waals surface area contributed by atoms with Crippen LogP contribution < -0.4 is 16.6 Å². The van der Waals surface area contributed by atoms with E-state index in [1.54, 1.807) is 0 Å². The van der Waals surface area contributed by atoms with Crippen LogP contribution in [-0.4, -0.2) is 25.2 Å². The first-order valence-electron chi connectivity index (χ1n) is 6.16. The van der Waals surface area contributed by atoms with Gasteiger partial charge in [-0.2, -0.15) is 0 Å². The van der Waals surface area contributed by atoms with Crippen LogP contribution in [-0.2, 0) is 4.74 Å². The predicted molar refractivity (Wildman–Crippen MR) is 70.3 cm³/mol. The van der Waals surface area contributed by atoms with Crippen molar-refractivity contribution in [3.8, 4) is 0 Å². The SMILES string of the molecule is Cc1ccc(NN)c(C(=O)NC2CCOCC2)c1. The van der Waals surface area contributed by atoms with Crippen molar-refractivity contribution >= 4 is 11.6 Å². The van der Waals surface area contributed by atoms with Crippen LogP contribution in [0.2, 0.25) is 0 Å². The molecular formula is C13H19N3O2. The van der Waals surface area contributed by atoms with Gasteiger partial charge in [0, 0.05) is 19.3 Å². The Bertz CT molecular complexity index is 428. The molecule has 4 N–H and O–H groups in total. The van der Waals surface area contributed by atoms with Gasteiger partial charge in [0.25, 0.3) is 5.91 Å². The molecular weight excluding hydrogens is 230 g/mol. The zero-order valence-corrected chi connectivity index (χ0v) is 10.5. The number of nitrogen functional groups attached to an aromatic ring is 1.